The molecule has 7 aromatic heterocycles. The van der Waals surface area contributed by atoms with Gasteiger partial charge in [-0.25, -0.2) is 48.7 Å². The molecule has 0 bridgehead atoms. The van der Waals surface area contributed by atoms with Crippen molar-refractivity contribution in [2.45, 2.75) is 117 Å². The number of ether oxygens (including phenoxy) is 5. The van der Waals surface area contributed by atoms with E-state index in [0.717, 1.165) is 62.7 Å². The van der Waals surface area contributed by atoms with Crippen molar-refractivity contribution in [3.8, 4) is 57.8 Å². The molecule has 18 nitrogen and oxygen atoms in total. The Morgan fingerprint density at radius 3 is 1.92 bits per heavy atom. The minimum Gasteiger partial charge on any atom is -0.490 e. The zero-order valence-electron chi connectivity index (χ0n) is 45.4. The van der Waals surface area contributed by atoms with Gasteiger partial charge in [0.05, 0.1) is 37.4 Å². The first-order valence-corrected chi connectivity index (χ1v) is 25.9. The Labute approximate surface area is 467 Å². The van der Waals surface area contributed by atoms with Crippen molar-refractivity contribution >= 4 is 11.8 Å². The number of aliphatic imine (C=N–C) groups is 1. The third kappa shape index (κ3) is 14.0. The smallest absolute Gasteiger partial charge is 0.434 e. The Morgan fingerprint density at radius 1 is 0.735 bits per heavy atom. The fourth-order valence-corrected chi connectivity index (χ4v) is 8.55. The van der Waals surface area contributed by atoms with Crippen molar-refractivity contribution in [3.05, 3.63) is 125 Å². The Balaban J connectivity index is 0.000000200. The molecule has 3 aliphatic carbocycles. The summed E-state index contributed by atoms with van der Waals surface area (Å²) in [6.45, 7) is 7.15. The summed E-state index contributed by atoms with van der Waals surface area (Å²) < 4.78 is 166. The van der Waals surface area contributed by atoms with Gasteiger partial charge in [-0.05, 0) is 84.3 Å². The van der Waals surface area contributed by atoms with E-state index in [0.29, 0.717) is 46.6 Å². The van der Waals surface area contributed by atoms with E-state index >= 15 is 8.78 Å². The van der Waals surface area contributed by atoms with E-state index in [1.54, 1.807) is 33.9 Å². The molecule has 0 amide bonds. The van der Waals surface area contributed by atoms with Crippen molar-refractivity contribution in [2.24, 2.45) is 16.8 Å². The number of pyridine rings is 2. The van der Waals surface area contributed by atoms with E-state index in [1.165, 1.54) is 60.6 Å². The molecule has 28 heteroatoms. The van der Waals surface area contributed by atoms with Gasteiger partial charge in [0.15, 0.2) is 52.1 Å². The van der Waals surface area contributed by atoms with Gasteiger partial charge < -0.3 is 32.8 Å². The molecule has 0 atom stereocenters. The van der Waals surface area contributed by atoms with Crippen LogP contribution in [0.15, 0.2) is 78.7 Å². The largest absolute Gasteiger partial charge is 0.490 e. The molecule has 10 rings (SSSR count). The maximum Gasteiger partial charge on any atom is 0.434 e. The summed E-state index contributed by atoms with van der Waals surface area (Å²) in [5.41, 5.74) is 0.303. The average molecular weight is 1170 g/mol. The lowest BCUT2D eigenvalue weighted by atomic mass is 10.1. The van der Waals surface area contributed by atoms with Crippen molar-refractivity contribution in [2.75, 3.05) is 14.2 Å². The summed E-state index contributed by atoms with van der Waals surface area (Å²) in [4.78, 5) is 45.9. The number of rotatable bonds is 21. The lowest BCUT2D eigenvalue weighted by Gasteiger charge is -2.16. The summed E-state index contributed by atoms with van der Waals surface area (Å²) in [6.07, 6.45) is 6.20. The lowest BCUT2D eigenvalue weighted by Crippen LogP contribution is -2.09. The molecular formula is C55H53F10N13O5. The molecule has 0 saturated heterocycles. The first-order valence-electron chi connectivity index (χ1n) is 25.9. The molecular weight excluding hydrogens is 1110 g/mol. The van der Waals surface area contributed by atoms with Crippen molar-refractivity contribution in [3.63, 3.8) is 0 Å². The highest BCUT2D eigenvalue weighted by molar-refractivity contribution is 5.78. The zero-order chi connectivity index (χ0) is 59.5. The first-order chi connectivity index (χ1) is 39.5. The van der Waals surface area contributed by atoms with Gasteiger partial charge in [0.2, 0.25) is 11.8 Å². The quantitative estimate of drug-likeness (QED) is 0.0285. The fraction of sp³-hybridized carbons (Fsp3) is 0.400. The van der Waals surface area contributed by atoms with Gasteiger partial charge in [-0.1, -0.05) is 6.58 Å². The van der Waals surface area contributed by atoms with Crippen LogP contribution in [0.4, 0.5) is 43.9 Å². The van der Waals surface area contributed by atoms with Gasteiger partial charge in [-0.3, -0.25) is 4.99 Å². The summed E-state index contributed by atoms with van der Waals surface area (Å²) in [5, 5.41) is 0. The van der Waals surface area contributed by atoms with Gasteiger partial charge in [0, 0.05) is 78.3 Å². The number of aryl methyl sites for hydroxylation is 1. The normalized spacial score (nSPS) is 14.9. The second kappa shape index (κ2) is 24.5. The van der Waals surface area contributed by atoms with Crippen LogP contribution in [-0.2, 0) is 36.8 Å². The highest BCUT2D eigenvalue weighted by atomic mass is 19.4. The number of halogens is 10. The van der Waals surface area contributed by atoms with E-state index in [9.17, 15) is 35.1 Å². The Bertz CT molecular complexity index is 3570. The molecule has 7 heterocycles. The molecule has 3 aliphatic rings. The van der Waals surface area contributed by atoms with Gasteiger partial charge >= 0.3 is 19.0 Å². The van der Waals surface area contributed by atoms with Crippen molar-refractivity contribution in [1.29, 1.82) is 0 Å². The predicted octanol–water partition coefficient (Wildman–Crippen LogP) is 12.6. The van der Waals surface area contributed by atoms with Crippen LogP contribution in [0.5, 0.6) is 23.4 Å². The molecule has 0 N–H and O–H groups in total. The fourth-order valence-electron chi connectivity index (χ4n) is 8.55. The number of imidazole rings is 2. The van der Waals surface area contributed by atoms with E-state index in [1.807, 2.05) is 0 Å². The van der Waals surface area contributed by atoms with Gasteiger partial charge in [0.1, 0.15) is 42.3 Å². The zero-order valence-corrected chi connectivity index (χ0v) is 45.4. The minimum absolute atomic E-state index is 0.0228. The van der Waals surface area contributed by atoms with E-state index < -0.39 is 48.0 Å². The summed E-state index contributed by atoms with van der Waals surface area (Å²) in [6, 6.07) is 1.78. The lowest BCUT2D eigenvalue weighted by molar-refractivity contribution is -0.141. The number of methoxy groups -OCH3 is 2. The number of nitrogens with zero attached hydrogens (tertiary/aromatic N) is 13. The summed E-state index contributed by atoms with van der Waals surface area (Å²) >= 11 is 0. The summed E-state index contributed by atoms with van der Waals surface area (Å²) in [7, 11) is 2.85. The van der Waals surface area contributed by atoms with Crippen molar-refractivity contribution < 1.29 is 67.6 Å². The molecule has 0 unspecified atom stereocenters. The third-order valence-corrected chi connectivity index (χ3v) is 13.1. The highest BCUT2D eigenvalue weighted by Gasteiger charge is 2.39. The number of aromatic nitrogens is 12. The molecule has 83 heavy (non-hydrogen) atoms. The maximum absolute atomic E-state index is 15.2. The number of allylic oxidation sites excluding steroid dienone is 2. The Kier molecular flexibility index (Phi) is 17.4. The van der Waals surface area contributed by atoms with E-state index in [2.05, 4.69) is 66.1 Å². The monoisotopic (exact) mass is 1170 g/mol. The number of hydrogen-bond donors (Lipinski definition) is 0. The van der Waals surface area contributed by atoms with Crippen LogP contribution in [0.3, 0.4) is 0 Å². The summed E-state index contributed by atoms with van der Waals surface area (Å²) in [5.74, 6) is -1.09. The number of alkyl halides is 8. The topological polar surface area (TPSA) is 197 Å². The van der Waals surface area contributed by atoms with E-state index in [4.69, 9.17) is 18.9 Å². The molecule has 0 aliphatic heterocycles. The molecule has 3 fully saturated rings. The van der Waals surface area contributed by atoms with Crippen LogP contribution in [0.25, 0.3) is 40.0 Å². The molecule has 3 saturated carbocycles. The van der Waals surface area contributed by atoms with Gasteiger partial charge in [0.25, 0.3) is 5.88 Å². The van der Waals surface area contributed by atoms with Crippen LogP contribution >= 0.6 is 0 Å². The molecule has 438 valence electrons. The number of hydrogen-bond acceptors (Lipinski definition) is 16. The highest BCUT2D eigenvalue weighted by Crippen LogP contribution is 2.46. The van der Waals surface area contributed by atoms with E-state index in [-0.39, 0.29) is 88.3 Å². The molecule has 7 aromatic rings. The second-order valence-electron chi connectivity index (χ2n) is 19.8. The third-order valence-electron chi connectivity index (χ3n) is 13.1. The molecule has 0 aromatic carbocycles. The van der Waals surface area contributed by atoms with Crippen molar-refractivity contribution in [1.82, 2.24) is 59.0 Å². The Hall–Kier alpha value is -8.59. The minimum atomic E-state index is -4.72. The SMILES string of the molecule is C=C(OC(F)F)/C(=C(\N=CC)C1CC1)c1ncc(OC)c(OCc2cnc(-c3nc(C(F)(F)F)cn3C(C)C)c(F)c2)n1.COc1ncnc(C2CC2)c1-c1ncc(C)c(OCc2cnc(-c3nc(C(F)(F)F)cn3CC3CC3)c(F)c2)n1. The molecule has 0 radical (unpaired) electrons. The Morgan fingerprint density at radius 2 is 1.36 bits per heavy atom. The average Bonchev–Trinajstić information content (AvgIpc) is 4.06. The van der Waals surface area contributed by atoms with Crippen LogP contribution in [0.1, 0.15) is 111 Å². The van der Waals surface area contributed by atoms with Crippen LogP contribution < -0.4 is 18.9 Å². The van der Waals surface area contributed by atoms with Gasteiger partial charge in [-0.2, -0.15) is 45.1 Å². The predicted molar refractivity (Wildman–Crippen MR) is 278 cm³/mol. The standard InChI is InChI=1S/C28H28F6N6O3.C27H25F4N7O2/c1-6-35-22(17-7-8-17)21(15(4)43-27(30)31)24-37-11-19(41-5)26(39-24)42-13-16-9-18(29)23(36-10-16)25-38-20(28(32,33)34)12-40(25)14(2)3;1-14-8-33-23(20-21(17-5-6-17)34-13-35-26(20)39-2)37-25(14)40-12-16-7-18(28)22(32-9-16)24-36-19(27(29,30)31)11-38(24)10-15-3-4-15/h6,9-12,14,17,27H,4,7-8,13H2,1-3,5H3;7-9,11,13,15,17H,3-6,10,12H2,1-2H3/b22-21+,35-6?;. The van der Waals surface area contributed by atoms with Gasteiger partial charge in [-0.15, -0.1) is 0 Å². The van der Waals surface area contributed by atoms with Crippen LogP contribution in [0.2, 0.25) is 0 Å². The maximum atomic E-state index is 15.2. The van der Waals surface area contributed by atoms with Crippen LogP contribution in [0, 0.1) is 30.4 Å². The van der Waals surface area contributed by atoms with Crippen LogP contribution in [-0.4, -0.2) is 86.0 Å². The molecule has 0 spiro atoms. The first kappa shape index (κ1) is 59.0. The second-order valence-corrected chi connectivity index (χ2v) is 19.8.